The maximum absolute atomic E-state index is 12.4. The first-order chi connectivity index (χ1) is 12.7. The Labute approximate surface area is 151 Å². The SMILES string of the molecule is O=C(Cn1ncc(=O)c2ccccc21)NCC1CCCc2ccccc21. The highest BCUT2D eigenvalue weighted by atomic mass is 16.2. The molecule has 0 fully saturated rings. The van der Waals surface area contributed by atoms with Crippen molar-refractivity contribution < 1.29 is 4.79 Å². The van der Waals surface area contributed by atoms with Crippen LogP contribution in [-0.2, 0) is 17.8 Å². The number of carbonyl (C=O) groups excluding carboxylic acids is 1. The van der Waals surface area contributed by atoms with Gasteiger partial charge in [-0.15, -0.1) is 0 Å². The normalized spacial score (nSPS) is 16.2. The largest absolute Gasteiger partial charge is 0.354 e. The van der Waals surface area contributed by atoms with Gasteiger partial charge in [0, 0.05) is 17.8 Å². The molecule has 1 N–H and O–H groups in total. The Morgan fingerprint density at radius 2 is 1.96 bits per heavy atom. The standard InChI is InChI=1S/C21H21N3O2/c25-20-13-23-24(19-11-4-3-10-18(19)20)14-21(26)22-12-16-8-5-7-15-6-1-2-9-17(15)16/h1-4,6,9-11,13,16H,5,7-8,12,14H2,(H,22,26). The van der Waals surface area contributed by atoms with Gasteiger partial charge >= 0.3 is 0 Å². The van der Waals surface area contributed by atoms with E-state index in [9.17, 15) is 9.59 Å². The van der Waals surface area contributed by atoms with Crippen LogP contribution in [-0.4, -0.2) is 22.2 Å². The van der Waals surface area contributed by atoms with E-state index in [0.717, 1.165) is 19.3 Å². The van der Waals surface area contributed by atoms with Gasteiger partial charge in [0.25, 0.3) is 0 Å². The second-order valence-corrected chi connectivity index (χ2v) is 6.78. The second kappa shape index (κ2) is 7.12. The lowest BCUT2D eigenvalue weighted by Gasteiger charge is -2.25. The Hall–Kier alpha value is -2.95. The molecule has 0 saturated heterocycles. The van der Waals surface area contributed by atoms with Crippen LogP contribution in [0.5, 0.6) is 0 Å². The molecule has 0 radical (unpaired) electrons. The van der Waals surface area contributed by atoms with Crippen LogP contribution in [0.25, 0.3) is 10.9 Å². The molecule has 1 aliphatic carbocycles. The van der Waals surface area contributed by atoms with Crippen molar-refractivity contribution in [1.82, 2.24) is 15.1 Å². The molecule has 26 heavy (non-hydrogen) atoms. The number of carbonyl (C=O) groups is 1. The second-order valence-electron chi connectivity index (χ2n) is 6.78. The van der Waals surface area contributed by atoms with Gasteiger partial charge in [0.15, 0.2) is 0 Å². The van der Waals surface area contributed by atoms with Crippen molar-refractivity contribution in [1.29, 1.82) is 0 Å². The molecule has 5 nitrogen and oxygen atoms in total. The van der Waals surface area contributed by atoms with Gasteiger partial charge in [-0.3, -0.25) is 14.3 Å². The van der Waals surface area contributed by atoms with Crippen molar-refractivity contribution in [2.24, 2.45) is 0 Å². The van der Waals surface area contributed by atoms with Gasteiger partial charge in [0.1, 0.15) is 6.54 Å². The van der Waals surface area contributed by atoms with Gasteiger partial charge in [-0.05, 0) is 42.5 Å². The minimum absolute atomic E-state index is 0.0886. The number of amides is 1. The molecule has 0 saturated carbocycles. The van der Waals surface area contributed by atoms with Crippen molar-refractivity contribution in [2.75, 3.05) is 6.54 Å². The van der Waals surface area contributed by atoms with Gasteiger partial charge in [0.05, 0.1) is 11.7 Å². The van der Waals surface area contributed by atoms with E-state index in [0.29, 0.717) is 23.4 Å². The topological polar surface area (TPSA) is 64.0 Å². The van der Waals surface area contributed by atoms with Crippen LogP contribution in [0.2, 0.25) is 0 Å². The highest BCUT2D eigenvalue weighted by molar-refractivity contribution is 5.81. The lowest BCUT2D eigenvalue weighted by atomic mass is 9.83. The summed E-state index contributed by atoms with van der Waals surface area (Å²) in [5.74, 6) is 0.275. The van der Waals surface area contributed by atoms with E-state index in [-0.39, 0.29) is 17.9 Å². The zero-order valence-corrected chi connectivity index (χ0v) is 14.5. The monoisotopic (exact) mass is 347 g/mol. The van der Waals surface area contributed by atoms with Crippen LogP contribution in [0.3, 0.4) is 0 Å². The molecular formula is C21H21N3O2. The smallest absolute Gasteiger partial charge is 0.241 e. The number of fused-ring (bicyclic) bond motifs is 2. The molecule has 1 aliphatic rings. The van der Waals surface area contributed by atoms with E-state index in [4.69, 9.17) is 0 Å². The summed E-state index contributed by atoms with van der Waals surface area (Å²) in [6.07, 6.45) is 4.64. The fourth-order valence-corrected chi connectivity index (χ4v) is 3.78. The molecule has 1 atom stereocenters. The van der Waals surface area contributed by atoms with E-state index in [1.165, 1.54) is 17.3 Å². The molecule has 0 bridgehead atoms. The van der Waals surface area contributed by atoms with Gasteiger partial charge in [-0.1, -0.05) is 36.4 Å². The fraction of sp³-hybridized carbons (Fsp3) is 0.286. The predicted molar refractivity (Wildman–Crippen MR) is 101 cm³/mol. The van der Waals surface area contributed by atoms with Crippen LogP contribution in [0.15, 0.2) is 59.5 Å². The first kappa shape index (κ1) is 16.5. The van der Waals surface area contributed by atoms with Gasteiger partial charge in [0.2, 0.25) is 11.3 Å². The number of para-hydroxylation sites is 1. The summed E-state index contributed by atoms with van der Waals surface area (Å²) in [5.41, 5.74) is 3.30. The van der Waals surface area contributed by atoms with Crippen molar-refractivity contribution in [3.63, 3.8) is 0 Å². The molecular weight excluding hydrogens is 326 g/mol. The van der Waals surface area contributed by atoms with E-state index < -0.39 is 0 Å². The van der Waals surface area contributed by atoms with Crippen molar-refractivity contribution in [3.05, 3.63) is 76.1 Å². The van der Waals surface area contributed by atoms with Crippen LogP contribution in [0.1, 0.15) is 29.9 Å². The first-order valence-corrected chi connectivity index (χ1v) is 9.02. The molecule has 5 heteroatoms. The predicted octanol–water partition coefficient (Wildman–Crippen LogP) is 2.63. The highest BCUT2D eigenvalue weighted by Gasteiger charge is 2.20. The molecule has 1 unspecified atom stereocenters. The third kappa shape index (κ3) is 3.25. The quantitative estimate of drug-likeness (QED) is 0.789. The van der Waals surface area contributed by atoms with Gasteiger partial charge in [-0.2, -0.15) is 5.10 Å². The Kier molecular flexibility index (Phi) is 4.52. The van der Waals surface area contributed by atoms with E-state index in [1.54, 1.807) is 10.7 Å². The number of benzene rings is 2. The number of hydrogen-bond acceptors (Lipinski definition) is 3. The Morgan fingerprint density at radius 3 is 2.88 bits per heavy atom. The Morgan fingerprint density at radius 1 is 1.15 bits per heavy atom. The van der Waals surface area contributed by atoms with E-state index >= 15 is 0 Å². The average molecular weight is 347 g/mol. The summed E-state index contributed by atoms with van der Waals surface area (Å²) >= 11 is 0. The van der Waals surface area contributed by atoms with Crippen molar-refractivity contribution in [3.8, 4) is 0 Å². The van der Waals surface area contributed by atoms with Gasteiger partial charge in [-0.25, -0.2) is 0 Å². The Balaban J connectivity index is 1.46. The minimum atomic E-state index is -0.129. The zero-order chi connectivity index (χ0) is 17.9. The molecule has 132 valence electrons. The molecule has 1 aromatic heterocycles. The molecule has 2 aromatic carbocycles. The number of nitrogens with zero attached hydrogens (tertiary/aromatic N) is 2. The van der Waals surface area contributed by atoms with Crippen LogP contribution >= 0.6 is 0 Å². The number of nitrogens with one attached hydrogen (secondary N) is 1. The number of rotatable bonds is 4. The fourth-order valence-electron chi connectivity index (χ4n) is 3.78. The summed E-state index contributed by atoms with van der Waals surface area (Å²) < 4.78 is 1.58. The highest BCUT2D eigenvalue weighted by Crippen LogP contribution is 2.30. The molecule has 1 amide bonds. The molecule has 1 heterocycles. The van der Waals surface area contributed by atoms with Crippen molar-refractivity contribution in [2.45, 2.75) is 31.7 Å². The third-order valence-corrected chi connectivity index (χ3v) is 5.09. The zero-order valence-electron chi connectivity index (χ0n) is 14.5. The lowest BCUT2D eigenvalue weighted by molar-refractivity contribution is -0.121. The number of hydrogen-bond donors (Lipinski definition) is 1. The molecule has 0 spiro atoms. The molecule has 4 rings (SSSR count). The summed E-state index contributed by atoms with van der Waals surface area (Å²) in [4.78, 5) is 24.3. The van der Waals surface area contributed by atoms with Crippen LogP contribution in [0.4, 0.5) is 0 Å². The first-order valence-electron chi connectivity index (χ1n) is 9.02. The van der Waals surface area contributed by atoms with Crippen molar-refractivity contribution >= 4 is 16.8 Å². The summed E-state index contributed by atoms with van der Waals surface area (Å²) in [6, 6.07) is 15.7. The number of aromatic nitrogens is 2. The van der Waals surface area contributed by atoms with Crippen LogP contribution < -0.4 is 10.7 Å². The minimum Gasteiger partial charge on any atom is -0.354 e. The Bertz CT molecular complexity index is 1010. The summed E-state index contributed by atoms with van der Waals surface area (Å²) in [7, 11) is 0. The van der Waals surface area contributed by atoms with E-state index in [2.05, 4.69) is 34.7 Å². The summed E-state index contributed by atoms with van der Waals surface area (Å²) in [5, 5.41) is 7.74. The van der Waals surface area contributed by atoms with Gasteiger partial charge < -0.3 is 5.32 Å². The summed E-state index contributed by atoms with van der Waals surface area (Å²) in [6.45, 7) is 0.739. The maximum atomic E-state index is 12.4. The number of aryl methyl sites for hydroxylation is 1. The van der Waals surface area contributed by atoms with Crippen LogP contribution in [0, 0.1) is 0 Å². The average Bonchev–Trinajstić information content (AvgIpc) is 2.69. The maximum Gasteiger partial charge on any atom is 0.241 e. The lowest BCUT2D eigenvalue weighted by Crippen LogP contribution is -2.33. The molecule has 0 aliphatic heterocycles. The van der Waals surface area contributed by atoms with E-state index in [1.807, 2.05) is 18.2 Å². The molecule has 3 aromatic rings. The third-order valence-electron chi connectivity index (χ3n) is 5.09.